The standard InChI is InChI=1S/C15H14Br2N2O/c1-2-19(12-6-4-11(18)5-7-12)15(20)13-8-3-10(16)9-14(13)17/h3-9H,2,18H2,1H3. The minimum absolute atomic E-state index is 0.0448. The van der Waals surface area contributed by atoms with Gasteiger partial charge in [-0.3, -0.25) is 4.79 Å². The van der Waals surface area contributed by atoms with Crippen LogP contribution in [0, 0.1) is 0 Å². The highest BCUT2D eigenvalue weighted by molar-refractivity contribution is 9.11. The average molecular weight is 398 g/mol. The average Bonchev–Trinajstić information content (AvgIpc) is 2.41. The van der Waals surface area contributed by atoms with Gasteiger partial charge in [-0.25, -0.2) is 0 Å². The number of carbonyl (C=O) groups is 1. The van der Waals surface area contributed by atoms with Gasteiger partial charge < -0.3 is 10.6 Å². The van der Waals surface area contributed by atoms with E-state index >= 15 is 0 Å². The first-order valence-corrected chi connectivity index (χ1v) is 7.74. The number of nitrogens with zero attached hydrogens (tertiary/aromatic N) is 1. The molecule has 0 spiro atoms. The van der Waals surface area contributed by atoms with Crippen molar-refractivity contribution >= 4 is 49.1 Å². The molecule has 0 aliphatic rings. The second-order valence-electron chi connectivity index (χ2n) is 4.27. The number of hydrogen-bond donors (Lipinski definition) is 1. The molecule has 5 heteroatoms. The maximum absolute atomic E-state index is 12.6. The minimum atomic E-state index is -0.0448. The summed E-state index contributed by atoms with van der Waals surface area (Å²) < 4.78 is 1.70. The summed E-state index contributed by atoms with van der Waals surface area (Å²) in [5.74, 6) is -0.0448. The number of nitrogens with two attached hydrogens (primary N) is 1. The van der Waals surface area contributed by atoms with Gasteiger partial charge in [-0.15, -0.1) is 0 Å². The largest absolute Gasteiger partial charge is 0.399 e. The SMILES string of the molecule is CCN(C(=O)c1ccc(Br)cc1Br)c1ccc(N)cc1. The van der Waals surface area contributed by atoms with Gasteiger partial charge in [-0.1, -0.05) is 15.9 Å². The highest BCUT2D eigenvalue weighted by atomic mass is 79.9. The van der Waals surface area contributed by atoms with E-state index in [0.717, 1.165) is 14.6 Å². The van der Waals surface area contributed by atoms with E-state index in [4.69, 9.17) is 5.73 Å². The van der Waals surface area contributed by atoms with Crippen LogP contribution in [0.15, 0.2) is 51.4 Å². The molecule has 3 nitrogen and oxygen atoms in total. The van der Waals surface area contributed by atoms with Gasteiger partial charge in [0.1, 0.15) is 0 Å². The molecule has 0 fully saturated rings. The van der Waals surface area contributed by atoms with E-state index in [1.165, 1.54) is 0 Å². The van der Waals surface area contributed by atoms with Crippen LogP contribution < -0.4 is 10.6 Å². The fourth-order valence-corrected chi connectivity index (χ4v) is 3.12. The van der Waals surface area contributed by atoms with Crippen molar-refractivity contribution < 1.29 is 4.79 Å². The lowest BCUT2D eigenvalue weighted by molar-refractivity contribution is 0.0987. The summed E-state index contributed by atoms with van der Waals surface area (Å²) >= 11 is 6.82. The van der Waals surface area contributed by atoms with E-state index < -0.39 is 0 Å². The van der Waals surface area contributed by atoms with Gasteiger partial charge in [0.2, 0.25) is 0 Å². The van der Waals surface area contributed by atoms with Crippen LogP contribution in [-0.2, 0) is 0 Å². The molecule has 0 saturated carbocycles. The monoisotopic (exact) mass is 396 g/mol. The van der Waals surface area contributed by atoms with E-state index in [0.29, 0.717) is 17.8 Å². The lowest BCUT2D eigenvalue weighted by Crippen LogP contribution is -2.30. The Morgan fingerprint density at radius 2 is 1.80 bits per heavy atom. The number of carbonyl (C=O) groups excluding carboxylic acids is 1. The van der Waals surface area contributed by atoms with Gasteiger partial charge in [0.15, 0.2) is 0 Å². The summed E-state index contributed by atoms with van der Waals surface area (Å²) in [6, 6.07) is 12.8. The fourth-order valence-electron chi connectivity index (χ4n) is 1.91. The molecule has 0 aliphatic heterocycles. The molecule has 0 saturated heterocycles. The molecule has 0 atom stereocenters. The molecule has 0 aromatic heterocycles. The van der Waals surface area contributed by atoms with Crippen molar-refractivity contribution in [3.05, 3.63) is 57.0 Å². The summed E-state index contributed by atoms with van der Waals surface area (Å²) in [7, 11) is 0. The molecule has 2 aromatic rings. The normalized spacial score (nSPS) is 10.3. The number of benzene rings is 2. The second-order valence-corrected chi connectivity index (χ2v) is 6.04. The quantitative estimate of drug-likeness (QED) is 0.777. The van der Waals surface area contributed by atoms with Crippen LogP contribution in [0.2, 0.25) is 0 Å². The molecule has 1 amide bonds. The first kappa shape index (κ1) is 15.1. The first-order chi connectivity index (χ1) is 9.52. The molecule has 20 heavy (non-hydrogen) atoms. The molecule has 0 heterocycles. The number of anilines is 2. The highest BCUT2D eigenvalue weighted by Gasteiger charge is 2.18. The third-order valence-electron chi connectivity index (χ3n) is 2.93. The van der Waals surface area contributed by atoms with Crippen molar-refractivity contribution in [3.63, 3.8) is 0 Å². The lowest BCUT2D eigenvalue weighted by Gasteiger charge is -2.22. The summed E-state index contributed by atoms with van der Waals surface area (Å²) in [4.78, 5) is 14.4. The van der Waals surface area contributed by atoms with Gasteiger partial charge in [0, 0.05) is 26.9 Å². The maximum atomic E-state index is 12.6. The Bertz CT molecular complexity index is 626. The van der Waals surface area contributed by atoms with Crippen LogP contribution >= 0.6 is 31.9 Å². The predicted molar refractivity (Wildman–Crippen MR) is 90.0 cm³/mol. The van der Waals surface area contributed by atoms with Gasteiger partial charge in [0.25, 0.3) is 5.91 Å². The zero-order valence-corrected chi connectivity index (χ0v) is 14.1. The Morgan fingerprint density at radius 1 is 1.15 bits per heavy atom. The molecular formula is C15H14Br2N2O. The van der Waals surface area contributed by atoms with Gasteiger partial charge in [-0.05, 0) is 65.3 Å². The fraction of sp³-hybridized carbons (Fsp3) is 0.133. The first-order valence-electron chi connectivity index (χ1n) is 6.15. The Kier molecular flexibility index (Phi) is 4.83. The smallest absolute Gasteiger partial charge is 0.259 e. The van der Waals surface area contributed by atoms with Crippen molar-refractivity contribution in [3.8, 4) is 0 Å². The van der Waals surface area contributed by atoms with E-state index in [1.54, 1.807) is 23.1 Å². The third-order valence-corrected chi connectivity index (χ3v) is 4.08. The van der Waals surface area contributed by atoms with Crippen LogP contribution in [0.4, 0.5) is 11.4 Å². The van der Waals surface area contributed by atoms with E-state index in [-0.39, 0.29) is 5.91 Å². The highest BCUT2D eigenvalue weighted by Crippen LogP contribution is 2.25. The van der Waals surface area contributed by atoms with Crippen molar-refractivity contribution in [2.24, 2.45) is 0 Å². The topological polar surface area (TPSA) is 46.3 Å². The van der Waals surface area contributed by atoms with Crippen LogP contribution in [-0.4, -0.2) is 12.5 Å². The van der Waals surface area contributed by atoms with E-state index in [9.17, 15) is 4.79 Å². The zero-order chi connectivity index (χ0) is 14.7. The molecule has 104 valence electrons. The molecule has 0 bridgehead atoms. The lowest BCUT2D eigenvalue weighted by atomic mass is 10.1. The van der Waals surface area contributed by atoms with Crippen LogP contribution in [0.3, 0.4) is 0 Å². The molecule has 2 aromatic carbocycles. The second kappa shape index (κ2) is 6.41. The number of halogens is 2. The Balaban J connectivity index is 2.36. The number of amides is 1. The van der Waals surface area contributed by atoms with Crippen molar-refractivity contribution in [2.75, 3.05) is 17.2 Å². The van der Waals surface area contributed by atoms with Crippen molar-refractivity contribution in [1.29, 1.82) is 0 Å². The summed E-state index contributed by atoms with van der Waals surface area (Å²) in [6.45, 7) is 2.53. The molecule has 2 N–H and O–H groups in total. The van der Waals surface area contributed by atoms with Gasteiger partial charge >= 0.3 is 0 Å². The van der Waals surface area contributed by atoms with Crippen molar-refractivity contribution in [1.82, 2.24) is 0 Å². The molecule has 0 radical (unpaired) electrons. The van der Waals surface area contributed by atoms with Crippen LogP contribution in [0.25, 0.3) is 0 Å². The molecule has 2 rings (SSSR count). The van der Waals surface area contributed by atoms with Crippen molar-refractivity contribution in [2.45, 2.75) is 6.92 Å². The van der Waals surface area contributed by atoms with Crippen LogP contribution in [0.5, 0.6) is 0 Å². The Morgan fingerprint density at radius 3 is 2.35 bits per heavy atom. The Labute approximate surface area is 135 Å². The van der Waals surface area contributed by atoms with E-state index in [2.05, 4.69) is 31.9 Å². The Hall–Kier alpha value is -1.33. The number of hydrogen-bond acceptors (Lipinski definition) is 2. The summed E-state index contributed by atoms with van der Waals surface area (Å²) in [6.07, 6.45) is 0. The maximum Gasteiger partial charge on any atom is 0.259 e. The number of rotatable bonds is 3. The zero-order valence-electron chi connectivity index (χ0n) is 10.9. The van der Waals surface area contributed by atoms with Gasteiger partial charge in [0.05, 0.1) is 5.56 Å². The van der Waals surface area contributed by atoms with Gasteiger partial charge in [-0.2, -0.15) is 0 Å². The van der Waals surface area contributed by atoms with Crippen LogP contribution in [0.1, 0.15) is 17.3 Å². The molecular weight excluding hydrogens is 384 g/mol. The minimum Gasteiger partial charge on any atom is -0.399 e. The van der Waals surface area contributed by atoms with E-state index in [1.807, 2.05) is 31.2 Å². The molecule has 0 unspecified atom stereocenters. The summed E-state index contributed by atoms with van der Waals surface area (Å²) in [5, 5.41) is 0. The number of nitrogen functional groups attached to an aromatic ring is 1. The predicted octanol–water partition coefficient (Wildman–Crippen LogP) is 4.46. The third kappa shape index (κ3) is 3.22. The summed E-state index contributed by atoms with van der Waals surface area (Å²) in [5.41, 5.74) is 7.83. The molecule has 0 aliphatic carbocycles.